The van der Waals surface area contributed by atoms with Crippen LogP contribution in [0.5, 0.6) is 11.5 Å². The van der Waals surface area contributed by atoms with Gasteiger partial charge >= 0.3 is 0 Å². The van der Waals surface area contributed by atoms with Gasteiger partial charge in [0.15, 0.2) is 0 Å². The summed E-state index contributed by atoms with van der Waals surface area (Å²) in [6.45, 7) is 3.61. The van der Waals surface area contributed by atoms with Gasteiger partial charge in [-0.2, -0.15) is 0 Å². The van der Waals surface area contributed by atoms with Gasteiger partial charge in [0.2, 0.25) is 17.7 Å². The van der Waals surface area contributed by atoms with Crippen LogP contribution in [0.25, 0.3) is 0 Å². The zero-order valence-corrected chi connectivity index (χ0v) is 15.4. The molecule has 8 heteroatoms. The fourth-order valence-corrected chi connectivity index (χ4v) is 2.75. The lowest BCUT2D eigenvalue weighted by Crippen LogP contribution is -2.50. The molecule has 1 saturated heterocycles. The third-order valence-electron chi connectivity index (χ3n) is 4.28. The molecule has 26 heavy (non-hydrogen) atoms. The highest BCUT2D eigenvalue weighted by Gasteiger charge is 2.22. The van der Waals surface area contributed by atoms with Crippen LogP contribution >= 0.6 is 0 Å². The quantitative estimate of drug-likeness (QED) is 0.818. The van der Waals surface area contributed by atoms with Crippen molar-refractivity contribution in [1.82, 2.24) is 9.80 Å². The van der Waals surface area contributed by atoms with E-state index in [1.54, 1.807) is 28.0 Å². The van der Waals surface area contributed by atoms with Crippen LogP contribution in [-0.2, 0) is 14.4 Å². The van der Waals surface area contributed by atoms with Gasteiger partial charge in [-0.3, -0.25) is 14.4 Å². The van der Waals surface area contributed by atoms with E-state index in [2.05, 4.69) is 5.32 Å². The van der Waals surface area contributed by atoms with Crippen LogP contribution in [0.2, 0.25) is 0 Å². The number of methoxy groups -OCH3 is 2. The Bertz CT molecular complexity index is 647. The number of benzene rings is 1. The maximum atomic E-state index is 12.2. The van der Waals surface area contributed by atoms with Crippen molar-refractivity contribution in [2.75, 3.05) is 45.7 Å². The van der Waals surface area contributed by atoms with Crippen molar-refractivity contribution in [3.05, 3.63) is 18.2 Å². The number of nitrogens with one attached hydrogen (secondary N) is 1. The van der Waals surface area contributed by atoms with Crippen LogP contribution in [0.3, 0.4) is 0 Å². The number of rotatable bonds is 6. The van der Waals surface area contributed by atoms with Crippen molar-refractivity contribution < 1.29 is 23.9 Å². The van der Waals surface area contributed by atoms with Crippen LogP contribution in [0.15, 0.2) is 18.2 Å². The van der Waals surface area contributed by atoms with Gasteiger partial charge in [0, 0.05) is 69.8 Å². The molecule has 1 fully saturated rings. The van der Waals surface area contributed by atoms with Crippen molar-refractivity contribution in [3.63, 3.8) is 0 Å². The molecular formula is C18H25N3O5. The summed E-state index contributed by atoms with van der Waals surface area (Å²) in [6.07, 6.45) is 0.221. The number of ether oxygens (including phenoxy) is 2. The Labute approximate surface area is 153 Å². The SMILES string of the molecule is COc1cc(NC(=O)CCC(=O)N2CCN(C(C)=O)CC2)cc(OC)c1. The van der Waals surface area contributed by atoms with Gasteiger partial charge in [-0.25, -0.2) is 0 Å². The monoisotopic (exact) mass is 363 g/mol. The highest BCUT2D eigenvalue weighted by atomic mass is 16.5. The molecule has 1 heterocycles. The van der Waals surface area contributed by atoms with E-state index in [1.165, 1.54) is 21.1 Å². The van der Waals surface area contributed by atoms with E-state index in [1.807, 2.05) is 0 Å². The average molecular weight is 363 g/mol. The first-order valence-corrected chi connectivity index (χ1v) is 8.49. The summed E-state index contributed by atoms with van der Waals surface area (Å²) in [7, 11) is 3.07. The third-order valence-corrected chi connectivity index (χ3v) is 4.28. The molecule has 1 aliphatic rings. The number of anilines is 1. The molecule has 0 bridgehead atoms. The second-order valence-corrected chi connectivity index (χ2v) is 6.04. The number of carbonyl (C=O) groups excluding carboxylic acids is 3. The largest absolute Gasteiger partial charge is 0.497 e. The maximum Gasteiger partial charge on any atom is 0.224 e. The summed E-state index contributed by atoms with van der Waals surface area (Å²) in [5, 5.41) is 2.75. The summed E-state index contributed by atoms with van der Waals surface area (Å²) < 4.78 is 10.3. The van der Waals surface area contributed by atoms with Crippen molar-refractivity contribution in [2.45, 2.75) is 19.8 Å². The molecule has 0 atom stereocenters. The van der Waals surface area contributed by atoms with E-state index >= 15 is 0 Å². The Hall–Kier alpha value is -2.77. The summed E-state index contributed by atoms with van der Waals surface area (Å²) in [6, 6.07) is 5.08. The Kier molecular flexibility index (Phi) is 6.82. The minimum atomic E-state index is -0.254. The fourth-order valence-electron chi connectivity index (χ4n) is 2.75. The van der Waals surface area contributed by atoms with Crippen molar-refractivity contribution in [1.29, 1.82) is 0 Å². The number of piperazine rings is 1. The van der Waals surface area contributed by atoms with Crippen LogP contribution in [0.1, 0.15) is 19.8 Å². The predicted molar refractivity (Wildman–Crippen MR) is 96.2 cm³/mol. The molecular weight excluding hydrogens is 338 g/mol. The molecule has 142 valence electrons. The van der Waals surface area contributed by atoms with E-state index in [0.717, 1.165) is 0 Å². The van der Waals surface area contributed by atoms with Crippen molar-refractivity contribution >= 4 is 23.4 Å². The highest BCUT2D eigenvalue weighted by Crippen LogP contribution is 2.25. The molecule has 3 amide bonds. The second-order valence-electron chi connectivity index (χ2n) is 6.04. The van der Waals surface area contributed by atoms with E-state index in [4.69, 9.17) is 9.47 Å². The Morgan fingerprint density at radius 2 is 1.46 bits per heavy atom. The number of nitrogens with zero attached hydrogens (tertiary/aromatic N) is 2. The van der Waals surface area contributed by atoms with Gasteiger partial charge in [-0.15, -0.1) is 0 Å². The van der Waals surface area contributed by atoms with E-state index in [-0.39, 0.29) is 30.6 Å². The molecule has 0 radical (unpaired) electrons. The molecule has 1 N–H and O–H groups in total. The third kappa shape index (κ3) is 5.37. The Morgan fingerprint density at radius 1 is 0.923 bits per heavy atom. The summed E-state index contributed by atoms with van der Waals surface area (Å²) in [5.74, 6) is 0.825. The van der Waals surface area contributed by atoms with Gasteiger partial charge < -0.3 is 24.6 Å². The summed E-state index contributed by atoms with van der Waals surface area (Å²) in [4.78, 5) is 39.1. The number of amides is 3. The minimum Gasteiger partial charge on any atom is -0.497 e. The lowest BCUT2D eigenvalue weighted by molar-refractivity contribution is -0.138. The van der Waals surface area contributed by atoms with E-state index in [9.17, 15) is 14.4 Å². The first-order chi connectivity index (χ1) is 12.4. The molecule has 1 aliphatic heterocycles. The van der Waals surface area contributed by atoms with Crippen LogP contribution < -0.4 is 14.8 Å². The Morgan fingerprint density at radius 3 is 1.96 bits per heavy atom. The molecule has 1 aromatic carbocycles. The van der Waals surface area contributed by atoms with Crippen LogP contribution in [0.4, 0.5) is 5.69 Å². The van der Waals surface area contributed by atoms with Crippen molar-refractivity contribution in [3.8, 4) is 11.5 Å². The van der Waals surface area contributed by atoms with E-state index < -0.39 is 0 Å². The topological polar surface area (TPSA) is 88.2 Å². The lowest BCUT2D eigenvalue weighted by atomic mass is 10.2. The first kappa shape index (κ1) is 19.6. The zero-order valence-electron chi connectivity index (χ0n) is 15.4. The number of hydrogen-bond donors (Lipinski definition) is 1. The van der Waals surface area contributed by atoms with Gasteiger partial charge in [0.05, 0.1) is 14.2 Å². The molecule has 0 unspecified atom stereocenters. The zero-order chi connectivity index (χ0) is 19.1. The van der Waals surface area contributed by atoms with Gasteiger partial charge in [0.25, 0.3) is 0 Å². The Balaban J connectivity index is 1.82. The lowest BCUT2D eigenvalue weighted by Gasteiger charge is -2.34. The van der Waals surface area contributed by atoms with Gasteiger partial charge in [0.1, 0.15) is 11.5 Å². The van der Waals surface area contributed by atoms with Gasteiger partial charge in [-0.05, 0) is 0 Å². The normalized spacial score (nSPS) is 14.0. The fraction of sp³-hybridized carbons (Fsp3) is 0.500. The predicted octanol–water partition coefficient (Wildman–Crippen LogP) is 1.11. The molecule has 8 nitrogen and oxygen atoms in total. The molecule has 2 rings (SSSR count). The minimum absolute atomic E-state index is 0.0187. The molecule has 0 spiro atoms. The van der Waals surface area contributed by atoms with Gasteiger partial charge in [-0.1, -0.05) is 0 Å². The summed E-state index contributed by atoms with van der Waals surface area (Å²) in [5.41, 5.74) is 0.550. The molecule has 0 aliphatic carbocycles. The average Bonchev–Trinajstić information content (AvgIpc) is 2.65. The van der Waals surface area contributed by atoms with Crippen LogP contribution in [0, 0.1) is 0 Å². The molecule has 0 aromatic heterocycles. The second kappa shape index (κ2) is 9.07. The van der Waals surface area contributed by atoms with Crippen LogP contribution in [-0.4, -0.2) is 67.9 Å². The molecule has 1 aromatic rings. The molecule has 0 saturated carbocycles. The number of hydrogen-bond acceptors (Lipinski definition) is 5. The maximum absolute atomic E-state index is 12.2. The smallest absolute Gasteiger partial charge is 0.224 e. The van der Waals surface area contributed by atoms with Crippen molar-refractivity contribution in [2.24, 2.45) is 0 Å². The highest BCUT2D eigenvalue weighted by molar-refractivity contribution is 5.93. The standard InChI is InChI=1S/C18H25N3O5/c1-13(22)20-6-8-21(9-7-20)18(24)5-4-17(23)19-14-10-15(25-2)12-16(11-14)26-3/h10-12H,4-9H2,1-3H3,(H,19,23). The number of carbonyl (C=O) groups is 3. The summed E-state index contributed by atoms with van der Waals surface area (Å²) >= 11 is 0. The first-order valence-electron chi connectivity index (χ1n) is 8.49. The van der Waals surface area contributed by atoms with E-state index in [0.29, 0.717) is 43.4 Å².